The largest absolute Gasteiger partial charge is 0.328 e. The quantitative estimate of drug-likeness (QED) is 0.686. The van der Waals surface area contributed by atoms with Crippen LogP contribution in [0.5, 0.6) is 0 Å². The lowest BCUT2D eigenvalue weighted by atomic mass is 9.90. The second-order valence-corrected chi connectivity index (χ2v) is 4.90. The number of hydrogen-bond donors (Lipinski definition) is 1. The number of rotatable bonds is 6. The molecule has 1 aliphatic rings. The molecule has 0 atom stereocenters. The van der Waals surface area contributed by atoms with Crippen molar-refractivity contribution in [2.45, 2.75) is 70.9 Å². The first kappa shape index (κ1) is 13.0. The van der Waals surface area contributed by atoms with Crippen LogP contribution < -0.4 is 5.73 Å². The monoisotopic (exact) mass is 212 g/mol. The number of unbranched alkanes of at least 4 members (excludes halogenated alkanes) is 2. The summed E-state index contributed by atoms with van der Waals surface area (Å²) in [5.41, 5.74) is 5.94. The zero-order valence-corrected chi connectivity index (χ0v) is 10.5. The molecule has 0 heterocycles. The van der Waals surface area contributed by atoms with E-state index in [1.165, 1.54) is 58.0 Å². The molecule has 0 aromatic carbocycles. The molecule has 0 bridgehead atoms. The van der Waals surface area contributed by atoms with Crippen LogP contribution in [-0.2, 0) is 0 Å². The molecule has 0 amide bonds. The van der Waals surface area contributed by atoms with Crippen molar-refractivity contribution in [3.05, 3.63) is 0 Å². The third-order valence-electron chi connectivity index (χ3n) is 3.71. The van der Waals surface area contributed by atoms with Crippen LogP contribution in [0.2, 0.25) is 0 Å². The highest BCUT2D eigenvalue weighted by molar-refractivity contribution is 4.80. The Morgan fingerprint density at radius 1 is 1.07 bits per heavy atom. The third kappa shape index (κ3) is 4.52. The summed E-state index contributed by atoms with van der Waals surface area (Å²) in [6.07, 6.45) is 9.18. The van der Waals surface area contributed by atoms with E-state index in [4.69, 9.17) is 5.73 Å². The van der Waals surface area contributed by atoms with Gasteiger partial charge in [-0.2, -0.15) is 0 Å². The lowest BCUT2D eigenvalue weighted by molar-refractivity contribution is 0.154. The van der Waals surface area contributed by atoms with Crippen LogP contribution in [0.15, 0.2) is 0 Å². The molecule has 1 aliphatic carbocycles. The Kier molecular flexibility index (Phi) is 6.26. The lowest BCUT2D eigenvalue weighted by Crippen LogP contribution is -2.41. The Bertz CT molecular complexity index is 151. The van der Waals surface area contributed by atoms with Crippen LogP contribution >= 0.6 is 0 Å². The van der Waals surface area contributed by atoms with Crippen molar-refractivity contribution in [3.63, 3.8) is 0 Å². The fourth-order valence-corrected chi connectivity index (χ4v) is 2.63. The van der Waals surface area contributed by atoms with Gasteiger partial charge in [0.25, 0.3) is 0 Å². The predicted octanol–water partition coefficient (Wildman–Crippen LogP) is 2.77. The summed E-state index contributed by atoms with van der Waals surface area (Å²) in [5.74, 6) is 0. The number of nitrogens with zero attached hydrogens (tertiary/aromatic N) is 1. The maximum atomic E-state index is 5.94. The molecule has 0 saturated heterocycles. The smallest absolute Gasteiger partial charge is 0.00962 e. The zero-order chi connectivity index (χ0) is 11.1. The van der Waals surface area contributed by atoms with E-state index in [0.717, 1.165) is 6.04 Å². The highest BCUT2D eigenvalue weighted by Crippen LogP contribution is 2.22. The standard InChI is InChI=1S/C13H28N2/c1-3-5-6-11-15(4-2)13-9-7-12(14)8-10-13/h12-13H,3-11,14H2,1-2H3. The Balaban J connectivity index is 2.24. The summed E-state index contributed by atoms with van der Waals surface area (Å²) < 4.78 is 0. The Morgan fingerprint density at radius 3 is 2.27 bits per heavy atom. The van der Waals surface area contributed by atoms with E-state index in [-0.39, 0.29) is 0 Å². The molecule has 2 heteroatoms. The van der Waals surface area contributed by atoms with Gasteiger partial charge in [0.1, 0.15) is 0 Å². The van der Waals surface area contributed by atoms with Crippen molar-refractivity contribution >= 4 is 0 Å². The first-order chi connectivity index (χ1) is 7.27. The maximum Gasteiger partial charge on any atom is 0.00962 e. The van der Waals surface area contributed by atoms with Gasteiger partial charge >= 0.3 is 0 Å². The van der Waals surface area contributed by atoms with E-state index in [1.54, 1.807) is 0 Å². The van der Waals surface area contributed by atoms with Crippen LogP contribution in [0.3, 0.4) is 0 Å². The van der Waals surface area contributed by atoms with Gasteiger partial charge in [0.05, 0.1) is 0 Å². The van der Waals surface area contributed by atoms with E-state index in [0.29, 0.717) is 6.04 Å². The van der Waals surface area contributed by atoms with Crippen LogP contribution in [0.1, 0.15) is 58.8 Å². The fraction of sp³-hybridized carbons (Fsp3) is 1.00. The molecule has 0 spiro atoms. The van der Waals surface area contributed by atoms with Crippen molar-refractivity contribution in [3.8, 4) is 0 Å². The Labute approximate surface area is 95.2 Å². The van der Waals surface area contributed by atoms with Crippen LogP contribution in [0.25, 0.3) is 0 Å². The van der Waals surface area contributed by atoms with Crippen molar-refractivity contribution < 1.29 is 0 Å². The van der Waals surface area contributed by atoms with Gasteiger partial charge in [-0.1, -0.05) is 26.7 Å². The minimum Gasteiger partial charge on any atom is -0.328 e. The third-order valence-corrected chi connectivity index (χ3v) is 3.71. The second kappa shape index (κ2) is 7.24. The van der Waals surface area contributed by atoms with Gasteiger partial charge in [0.2, 0.25) is 0 Å². The van der Waals surface area contributed by atoms with Crippen LogP contribution in [0.4, 0.5) is 0 Å². The minimum atomic E-state index is 0.482. The average molecular weight is 212 g/mol. The molecular weight excluding hydrogens is 184 g/mol. The molecular formula is C13H28N2. The minimum absolute atomic E-state index is 0.482. The molecule has 0 aliphatic heterocycles. The van der Waals surface area contributed by atoms with Gasteiger partial charge in [-0.25, -0.2) is 0 Å². The summed E-state index contributed by atoms with van der Waals surface area (Å²) in [6, 6.07) is 1.31. The van der Waals surface area contributed by atoms with E-state index < -0.39 is 0 Å². The highest BCUT2D eigenvalue weighted by atomic mass is 15.1. The van der Waals surface area contributed by atoms with E-state index in [9.17, 15) is 0 Å². The molecule has 2 nitrogen and oxygen atoms in total. The van der Waals surface area contributed by atoms with Crippen molar-refractivity contribution in [1.29, 1.82) is 0 Å². The molecule has 1 rings (SSSR count). The zero-order valence-electron chi connectivity index (χ0n) is 10.5. The lowest BCUT2D eigenvalue weighted by Gasteiger charge is -2.35. The molecule has 1 fully saturated rings. The van der Waals surface area contributed by atoms with E-state index in [1.807, 2.05) is 0 Å². The van der Waals surface area contributed by atoms with Crippen molar-refractivity contribution in [2.24, 2.45) is 5.73 Å². The van der Waals surface area contributed by atoms with Gasteiger partial charge in [-0.15, -0.1) is 0 Å². The first-order valence-electron chi connectivity index (χ1n) is 6.77. The van der Waals surface area contributed by atoms with Crippen molar-refractivity contribution in [1.82, 2.24) is 4.90 Å². The summed E-state index contributed by atoms with van der Waals surface area (Å²) in [6.45, 7) is 7.07. The molecule has 15 heavy (non-hydrogen) atoms. The molecule has 0 aromatic rings. The highest BCUT2D eigenvalue weighted by Gasteiger charge is 2.22. The van der Waals surface area contributed by atoms with Gasteiger partial charge in [0, 0.05) is 12.1 Å². The average Bonchev–Trinajstić information content (AvgIpc) is 2.26. The van der Waals surface area contributed by atoms with Crippen LogP contribution in [0, 0.1) is 0 Å². The summed E-state index contributed by atoms with van der Waals surface area (Å²) in [7, 11) is 0. The van der Waals surface area contributed by atoms with Gasteiger partial charge < -0.3 is 10.6 Å². The molecule has 1 saturated carbocycles. The van der Waals surface area contributed by atoms with Gasteiger partial charge in [-0.3, -0.25) is 0 Å². The molecule has 0 aromatic heterocycles. The molecule has 0 unspecified atom stereocenters. The molecule has 0 radical (unpaired) electrons. The first-order valence-corrected chi connectivity index (χ1v) is 6.77. The number of nitrogens with two attached hydrogens (primary N) is 1. The SMILES string of the molecule is CCCCCN(CC)C1CCC(N)CC1. The van der Waals surface area contributed by atoms with E-state index >= 15 is 0 Å². The maximum absolute atomic E-state index is 5.94. The van der Waals surface area contributed by atoms with E-state index in [2.05, 4.69) is 18.7 Å². The number of hydrogen-bond acceptors (Lipinski definition) is 2. The van der Waals surface area contributed by atoms with Crippen LogP contribution in [-0.4, -0.2) is 30.1 Å². The normalized spacial score (nSPS) is 27.2. The van der Waals surface area contributed by atoms with Crippen molar-refractivity contribution in [2.75, 3.05) is 13.1 Å². The topological polar surface area (TPSA) is 29.3 Å². The molecule has 2 N–H and O–H groups in total. The van der Waals surface area contributed by atoms with Gasteiger partial charge in [0.15, 0.2) is 0 Å². The summed E-state index contributed by atoms with van der Waals surface area (Å²) >= 11 is 0. The Morgan fingerprint density at radius 2 is 1.73 bits per heavy atom. The molecule has 90 valence electrons. The second-order valence-electron chi connectivity index (χ2n) is 4.90. The fourth-order valence-electron chi connectivity index (χ4n) is 2.63. The predicted molar refractivity (Wildman–Crippen MR) is 67.0 cm³/mol. The Hall–Kier alpha value is -0.0800. The summed E-state index contributed by atoms with van der Waals surface area (Å²) in [5, 5.41) is 0. The summed E-state index contributed by atoms with van der Waals surface area (Å²) in [4.78, 5) is 2.67. The van der Waals surface area contributed by atoms with Gasteiger partial charge in [-0.05, 0) is 45.2 Å².